The molecule has 0 atom stereocenters. The summed E-state index contributed by atoms with van der Waals surface area (Å²) >= 11 is 0. The number of benzene rings is 2. The Balaban J connectivity index is 1.34. The summed E-state index contributed by atoms with van der Waals surface area (Å²) in [6.45, 7) is 0.817. The third-order valence-corrected chi connectivity index (χ3v) is 4.69. The summed E-state index contributed by atoms with van der Waals surface area (Å²) < 4.78 is 27.6. The van der Waals surface area contributed by atoms with Gasteiger partial charge in [0, 0.05) is 25.9 Å². The van der Waals surface area contributed by atoms with Gasteiger partial charge >= 0.3 is 0 Å². The zero-order valence-corrected chi connectivity index (χ0v) is 16.6. The molecule has 0 saturated carbocycles. The van der Waals surface area contributed by atoms with Crippen molar-refractivity contribution in [2.45, 2.75) is 25.9 Å². The summed E-state index contributed by atoms with van der Waals surface area (Å²) in [4.78, 5) is 12.2. The van der Waals surface area contributed by atoms with Crippen molar-refractivity contribution in [1.29, 1.82) is 0 Å². The number of nitrogens with zero attached hydrogens (tertiary/aromatic N) is 4. The molecule has 2 N–H and O–H groups in total. The first kappa shape index (κ1) is 20.4. The molecule has 0 spiro atoms. The smallest absolute Gasteiger partial charge is 0.220 e. The number of hydrogen-bond donors (Lipinski definition) is 2. The Morgan fingerprint density at radius 1 is 0.839 bits per heavy atom. The second-order valence-electron chi connectivity index (χ2n) is 6.99. The highest BCUT2D eigenvalue weighted by molar-refractivity contribution is 5.76. The van der Waals surface area contributed by atoms with Crippen molar-refractivity contribution in [3.63, 3.8) is 0 Å². The molecule has 0 unspecified atom stereocenters. The summed E-state index contributed by atoms with van der Waals surface area (Å²) in [5.41, 5.74) is 2.32. The molecule has 31 heavy (non-hydrogen) atoms. The van der Waals surface area contributed by atoms with E-state index in [0.29, 0.717) is 36.8 Å². The zero-order chi connectivity index (χ0) is 21.6. The minimum Gasteiger partial charge on any atom is -0.365 e. The molecule has 2 aromatic heterocycles. The third-order valence-electron chi connectivity index (χ3n) is 4.69. The largest absolute Gasteiger partial charge is 0.365 e. The first-order valence-electron chi connectivity index (χ1n) is 9.77. The molecule has 4 rings (SSSR count). The molecule has 0 aliphatic heterocycles. The Morgan fingerprint density at radius 3 is 2.16 bits per heavy atom. The predicted molar refractivity (Wildman–Crippen MR) is 111 cm³/mol. The van der Waals surface area contributed by atoms with Gasteiger partial charge in [-0.2, -0.15) is 4.52 Å². The van der Waals surface area contributed by atoms with E-state index in [1.807, 2.05) is 0 Å². The van der Waals surface area contributed by atoms with Crippen molar-refractivity contribution < 1.29 is 13.6 Å². The molecule has 9 heteroatoms. The number of aromatic nitrogens is 4. The summed E-state index contributed by atoms with van der Waals surface area (Å²) in [6, 6.07) is 15.8. The molecule has 4 aromatic rings. The Bertz CT molecular complexity index is 1180. The average Bonchev–Trinajstić information content (AvgIpc) is 3.19. The molecule has 2 aromatic carbocycles. The molecular formula is C22H20F2N6O. The van der Waals surface area contributed by atoms with Gasteiger partial charge in [0.1, 0.15) is 17.5 Å². The minimum atomic E-state index is -0.312. The van der Waals surface area contributed by atoms with Gasteiger partial charge in [-0.1, -0.05) is 24.3 Å². The molecule has 0 bridgehead atoms. The van der Waals surface area contributed by atoms with Crippen molar-refractivity contribution in [3.05, 3.63) is 89.2 Å². The number of hydrogen-bond acceptors (Lipinski definition) is 5. The van der Waals surface area contributed by atoms with Crippen LogP contribution in [-0.2, 0) is 24.3 Å². The first-order chi connectivity index (χ1) is 15.1. The average molecular weight is 422 g/mol. The van der Waals surface area contributed by atoms with Crippen LogP contribution in [-0.4, -0.2) is 25.7 Å². The van der Waals surface area contributed by atoms with Gasteiger partial charge < -0.3 is 10.6 Å². The van der Waals surface area contributed by atoms with Crippen LogP contribution in [0.3, 0.4) is 0 Å². The lowest BCUT2D eigenvalue weighted by atomic mass is 10.2. The molecule has 2 heterocycles. The second kappa shape index (κ2) is 9.29. The number of fused-ring (bicyclic) bond motifs is 1. The van der Waals surface area contributed by atoms with Gasteiger partial charge in [0.15, 0.2) is 11.5 Å². The van der Waals surface area contributed by atoms with E-state index >= 15 is 0 Å². The van der Waals surface area contributed by atoms with Gasteiger partial charge in [-0.25, -0.2) is 8.78 Å². The lowest BCUT2D eigenvalue weighted by molar-refractivity contribution is -0.121. The topological polar surface area (TPSA) is 84.2 Å². The molecule has 7 nitrogen and oxygen atoms in total. The molecule has 158 valence electrons. The molecule has 0 fully saturated rings. The van der Waals surface area contributed by atoms with E-state index in [1.165, 1.54) is 24.3 Å². The molecule has 0 saturated heterocycles. The van der Waals surface area contributed by atoms with Crippen LogP contribution < -0.4 is 10.6 Å². The van der Waals surface area contributed by atoms with E-state index < -0.39 is 0 Å². The summed E-state index contributed by atoms with van der Waals surface area (Å²) in [5, 5.41) is 18.7. The van der Waals surface area contributed by atoms with Gasteiger partial charge in [0.2, 0.25) is 5.91 Å². The van der Waals surface area contributed by atoms with E-state index in [0.717, 1.165) is 11.1 Å². The fourth-order valence-corrected chi connectivity index (χ4v) is 2.99. The molecule has 1 amide bonds. The van der Waals surface area contributed by atoms with Crippen molar-refractivity contribution in [3.8, 4) is 0 Å². The van der Waals surface area contributed by atoms with Crippen LogP contribution in [0.25, 0.3) is 5.65 Å². The highest BCUT2D eigenvalue weighted by Crippen LogP contribution is 2.11. The van der Waals surface area contributed by atoms with E-state index in [4.69, 9.17) is 0 Å². The maximum atomic E-state index is 13.0. The van der Waals surface area contributed by atoms with E-state index in [-0.39, 0.29) is 24.0 Å². The van der Waals surface area contributed by atoms with Gasteiger partial charge in [-0.05, 0) is 47.5 Å². The number of carbonyl (C=O) groups is 1. The van der Waals surface area contributed by atoms with Gasteiger partial charge in [-0.15, -0.1) is 15.3 Å². The second-order valence-corrected chi connectivity index (χ2v) is 6.99. The van der Waals surface area contributed by atoms with Crippen molar-refractivity contribution in [2.24, 2.45) is 0 Å². The van der Waals surface area contributed by atoms with Gasteiger partial charge in [0.05, 0.1) is 0 Å². The van der Waals surface area contributed by atoms with Crippen LogP contribution in [0, 0.1) is 11.6 Å². The lowest BCUT2D eigenvalue weighted by Crippen LogP contribution is -2.23. The number of rotatable bonds is 8. The highest BCUT2D eigenvalue weighted by atomic mass is 19.1. The normalized spacial score (nSPS) is 10.9. The Morgan fingerprint density at radius 2 is 1.48 bits per heavy atom. The lowest BCUT2D eigenvalue weighted by Gasteiger charge is -2.07. The third kappa shape index (κ3) is 5.39. The number of nitrogens with one attached hydrogen (secondary N) is 2. The highest BCUT2D eigenvalue weighted by Gasteiger charge is 2.10. The SMILES string of the molecule is O=C(CCc1nnc2ccc(NCc3ccc(F)cc3)nn12)NCc1ccc(F)cc1. The zero-order valence-electron chi connectivity index (χ0n) is 16.6. The van der Waals surface area contributed by atoms with Crippen LogP contribution >= 0.6 is 0 Å². The van der Waals surface area contributed by atoms with Crippen LogP contribution in [0.5, 0.6) is 0 Å². The van der Waals surface area contributed by atoms with Crippen LogP contribution in [0.15, 0.2) is 60.7 Å². The fourth-order valence-electron chi connectivity index (χ4n) is 2.99. The Hall–Kier alpha value is -3.88. The van der Waals surface area contributed by atoms with Crippen molar-refractivity contribution in [1.82, 2.24) is 25.1 Å². The Kier molecular flexibility index (Phi) is 6.11. The molecule has 0 radical (unpaired) electrons. The summed E-state index contributed by atoms with van der Waals surface area (Å²) in [6.07, 6.45) is 0.585. The monoisotopic (exact) mass is 422 g/mol. The van der Waals surface area contributed by atoms with Crippen molar-refractivity contribution >= 4 is 17.4 Å². The number of carbonyl (C=O) groups excluding carboxylic acids is 1. The van der Waals surface area contributed by atoms with Crippen LogP contribution in [0.1, 0.15) is 23.4 Å². The van der Waals surface area contributed by atoms with Gasteiger partial charge in [0.25, 0.3) is 0 Å². The number of halogens is 2. The first-order valence-corrected chi connectivity index (χ1v) is 9.77. The van der Waals surface area contributed by atoms with E-state index in [1.54, 1.807) is 40.9 Å². The minimum absolute atomic E-state index is 0.147. The number of aryl methyl sites for hydroxylation is 1. The number of anilines is 1. The molecule has 0 aliphatic carbocycles. The Labute approximate surface area is 177 Å². The van der Waals surface area contributed by atoms with E-state index in [2.05, 4.69) is 25.9 Å². The quantitative estimate of drug-likeness (QED) is 0.455. The number of amides is 1. The van der Waals surface area contributed by atoms with Crippen LogP contribution in [0.4, 0.5) is 14.6 Å². The standard InChI is InChI=1S/C22H20F2N6O/c23-17-5-1-15(2-6-17)13-25-19-9-10-20-27-28-21(30(20)29-19)11-12-22(31)26-14-16-3-7-18(24)8-4-16/h1-10H,11-14H2,(H,25,29)(H,26,31). The van der Waals surface area contributed by atoms with E-state index in [9.17, 15) is 13.6 Å². The molecular weight excluding hydrogens is 402 g/mol. The van der Waals surface area contributed by atoms with Crippen molar-refractivity contribution in [2.75, 3.05) is 5.32 Å². The van der Waals surface area contributed by atoms with Gasteiger partial charge in [-0.3, -0.25) is 4.79 Å². The maximum absolute atomic E-state index is 13.0. The predicted octanol–water partition coefficient (Wildman–Crippen LogP) is 3.26. The maximum Gasteiger partial charge on any atom is 0.220 e. The summed E-state index contributed by atoms with van der Waals surface area (Å²) in [5.74, 6) is 0.439. The molecule has 0 aliphatic rings. The van der Waals surface area contributed by atoms with Crippen LogP contribution in [0.2, 0.25) is 0 Å². The fraction of sp³-hybridized carbons (Fsp3) is 0.182. The summed E-state index contributed by atoms with van der Waals surface area (Å²) in [7, 11) is 0.